The minimum absolute atomic E-state index is 0. The Bertz CT molecular complexity index is 680. The van der Waals surface area contributed by atoms with Crippen LogP contribution in [0, 0.1) is 0 Å². The van der Waals surface area contributed by atoms with E-state index in [0.717, 1.165) is 5.88 Å². The third-order valence-electron chi connectivity index (χ3n) is 3.30. The summed E-state index contributed by atoms with van der Waals surface area (Å²) in [5.74, 6) is 2.20. The van der Waals surface area contributed by atoms with E-state index in [9.17, 15) is 0 Å². The van der Waals surface area contributed by atoms with Crippen molar-refractivity contribution < 1.29 is 17.0 Å². The van der Waals surface area contributed by atoms with E-state index in [-0.39, 0.29) is 12.4 Å². The minimum atomic E-state index is 0. The highest BCUT2D eigenvalue weighted by molar-refractivity contribution is 7.99. The van der Waals surface area contributed by atoms with E-state index >= 15 is 0 Å². The van der Waals surface area contributed by atoms with Crippen molar-refractivity contribution in [3.63, 3.8) is 0 Å². The molecule has 1 N–H and O–H groups in total. The van der Waals surface area contributed by atoms with Gasteiger partial charge in [0.05, 0.1) is 5.39 Å². The second-order valence-electron chi connectivity index (χ2n) is 4.21. The van der Waals surface area contributed by atoms with Crippen LogP contribution in [0.15, 0.2) is 48.5 Å². The fourth-order valence-electron chi connectivity index (χ4n) is 2.54. The average Bonchev–Trinajstić information content (AvgIpc) is 2.89. The van der Waals surface area contributed by atoms with Crippen LogP contribution in [0.4, 0.5) is 5.82 Å². The fourth-order valence-corrected chi connectivity index (χ4v) is 3.36. The van der Waals surface area contributed by atoms with Crippen LogP contribution in [0.5, 0.6) is 0 Å². The molecular weight excluding hydrogens is 264 g/mol. The maximum atomic E-state index is 3.41. The summed E-state index contributed by atoms with van der Waals surface area (Å²) in [5.41, 5.74) is 1.30. The molecule has 18 heavy (non-hydrogen) atoms. The van der Waals surface area contributed by atoms with E-state index in [1.807, 2.05) is 0 Å². The Hall–Kier alpha value is -1.45. The van der Waals surface area contributed by atoms with Gasteiger partial charge in [0.15, 0.2) is 5.88 Å². The summed E-state index contributed by atoms with van der Waals surface area (Å²) in [5, 5.41) is 3.96. The number of nitrogens with zero attached hydrogens (tertiary/aromatic N) is 1. The lowest BCUT2D eigenvalue weighted by Gasteiger charge is -2.06. The molecule has 0 unspecified atom stereocenters. The molecule has 1 aliphatic heterocycles. The summed E-state index contributed by atoms with van der Waals surface area (Å²) in [6, 6.07) is 17.2. The van der Waals surface area contributed by atoms with Crippen LogP contribution in [0.1, 0.15) is 0 Å². The van der Waals surface area contributed by atoms with Crippen molar-refractivity contribution in [2.24, 2.45) is 0 Å². The van der Waals surface area contributed by atoms with Gasteiger partial charge >= 0.3 is 0 Å². The lowest BCUT2D eigenvalue weighted by atomic mass is 10.1. The van der Waals surface area contributed by atoms with Crippen LogP contribution >= 0.6 is 11.9 Å². The molecule has 1 aromatic heterocycles. The number of fused-ring (bicyclic) bond motifs is 6. The molecule has 3 aromatic rings. The van der Waals surface area contributed by atoms with Crippen molar-refractivity contribution in [1.29, 1.82) is 0 Å². The van der Waals surface area contributed by atoms with Crippen molar-refractivity contribution in [2.75, 3.05) is 4.72 Å². The van der Waals surface area contributed by atoms with Gasteiger partial charge < -0.3 is 12.4 Å². The first-order valence-corrected chi connectivity index (χ1v) is 6.65. The van der Waals surface area contributed by atoms with E-state index in [4.69, 9.17) is 0 Å². The molecular formula is C14H11ClN2S. The van der Waals surface area contributed by atoms with E-state index in [2.05, 4.69) is 57.8 Å². The van der Waals surface area contributed by atoms with Gasteiger partial charge in [0, 0.05) is 10.8 Å². The molecule has 0 aliphatic carbocycles. The summed E-state index contributed by atoms with van der Waals surface area (Å²) in [7, 11) is 0. The zero-order chi connectivity index (χ0) is 11.2. The zero-order valence-electron chi connectivity index (χ0n) is 9.56. The van der Waals surface area contributed by atoms with Crippen LogP contribution in [-0.2, 0) is 5.88 Å². The molecule has 0 fully saturated rings. The Morgan fingerprint density at radius 3 is 2.39 bits per heavy atom. The topological polar surface area (TPSA) is 15.9 Å². The molecule has 4 heteroatoms. The van der Waals surface area contributed by atoms with Gasteiger partial charge in [0.2, 0.25) is 0 Å². The molecule has 2 heterocycles. The Labute approximate surface area is 116 Å². The van der Waals surface area contributed by atoms with Gasteiger partial charge in [0.1, 0.15) is 17.5 Å². The predicted octanol–water partition coefficient (Wildman–Crippen LogP) is 0.316. The maximum Gasteiger partial charge on any atom is 0.295 e. The molecule has 0 spiro atoms. The van der Waals surface area contributed by atoms with Gasteiger partial charge in [-0.1, -0.05) is 36.4 Å². The normalized spacial score (nSPS) is 13.1. The first kappa shape index (κ1) is 11.6. The third-order valence-corrected chi connectivity index (χ3v) is 4.02. The molecule has 0 radical (unpaired) electrons. The highest BCUT2D eigenvalue weighted by Gasteiger charge is 2.25. The van der Waals surface area contributed by atoms with Crippen molar-refractivity contribution in [3.05, 3.63) is 48.5 Å². The number of aromatic nitrogens is 1. The molecule has 0 atom stereocenters. The SMILES string of the molecule is [Cl-].c1ccc2c(c1)c1[n+](c3ccccc23)CSN1. The van der Waals surface area contributed by atoms with Crippen LogP contribution in [0.2, 0.25) is 0 Å². The average molecular weight is 275 g/mol. The van der Waals surface area contributed by atoms with E-state index in [0.29, 0.717) is 0 Å². The van der Waals surface area contributed by atoms with E-state index in [1.165, 1.54) is 27.5 Å². The van der Waals surface area contributed by atoms with E-state index in [1.54, 1.807) is 11.9 Å². The minimum Gasteiger partial charge on any atom is -1.00 e. The summed E-state index contributed by atoms with van der Waals surface area (Å²) in [4.78, 5) is 0. The zero-order valence-corrected chi connectivity index (χ0v) is 11.1. The molecule has 4 rings (SSSR count). The smallest absolute Gasteiger partial charge is 0.295 e. The van der Waals surface area contributed by atoms with Crippen LogP contribution in [0.3, 0.4) is 0 Å². The quantitative estimate of drug-likeness (QED) is 0.361. The van der Waals surface area contributed by atoms with Gasteiger partial charge in [-0.2, -0.15) is 0 Å². The number of rotatable bonds is 0. The molecule has 0 saturated carbocycles. The lowest BCUT2D eigenvalue weighted by molar-refractivity contribution is -0.629. The summed E-state index contributed by atoms with van der Waals surface area (Å²) >= 11 is 1.75. The van der Waals surface area contributed by atoms with Crippen molar-refractivity contribution in [1.82, 2.24) is 0 Å². The Morgan fingerprint density at radius 2 is 1.56 bits per heavy atom. The summed E-state index contributed by atoms with van der Waals surface area (Å²) < 4.78 is 5.76. The van der Waals surface area contributed by atoms with Crippen molar-refractivity contribution >= 4 is 39.4 Å². The lowest BCUT2D eigenvalue weighted by Crippen LogP contribution is -3.00. The highest BCUT2D eigenvalue weighted by atomic mass is 35.5. The molecule has 0 saturated heterocycles. The van der Waals surface area contributed by atoms with Gasteiger partial charge in [-0.05, 0) is 12.1 Å². The second-order valence-corrected chi connectivity index (χ2v) is 4.97. The maximum absolute atomic E-state index is 3.41. The largest absolute Gasteiger partial charge is 1.00 e. The Balaban J connectivity index is 0.000001000. The number of anilines is 1. The molecule has 2 aromatic carbocycles. The van der Waals surface area contributed by atoms with Gasteiger partial charge in [-0.3, -0.25) is 0 Å². The number of para-hydroxylation sites is 1. The molecule has 90 valence electrons. The van der Waals surface area contributed by atoms with Gasteiger partial charge in [-0.25, -0.2) is 9.29 Å². The van der Waals surface area contributed by atoms with E-state index < -0.39 is 0 Å². The predicted molar refractivity (Wildman–Crippen MR) is 72.9 cm³/mol. The number of halogens is 1. The number of nitrogens with one attached hydrogen (secondary N) is 1. The van der Waals surface area contributed by atoms with Crippen LogP contribution in [0.25, 0.3) is 21.7 Å². The molecule has 2 nitrogen and oxygen atoms in total. The van der Waals surface area contributed by atoms with Gasteiger partial charge in [0.25, 0.3) is 5.82 Å². The number of benzene rings is 2. The Morgan fingerprint density at radius 1 is 0.889 bits per heavy atom. The second kappa shape index (κ2) is 4.34. The molecule has 0 amide bonds. The molecule has 0 bridgehead atoms. The standard InChI is InChI=1S/C14H10N2S.ClH/c1-2-7-12-10(5-1)11-6-3-4-8-13(11)16-9-17-15-14(12)16;/h1-8H,9H2;1H. The monoisotopic (exact) mass is 274 g/mol. The van der Waals surface area contributed by atoms with Crippen molar-refractivity contribution in [3.8, 4) is 0 Å². The number of hydrogen-bond donors (Lipinski definition) is 1. The fraction of sp³-hybridized carbons (Fsp3) is 0.0714. The first-order chi connectivity index (χ1) is 8.45. The number of pyridine rings is 1. The highest BCUT2D eigenvalue weighted by Crippen LogP contribution is 2.32. The summed E-state index contributed by atoms with van der Waals surface area (Å²) in [6.45, 7) is 0. The number of hydrogen-bond acceptors (Lipinski definition) is 2. The van der Waals surface area contributed by atoms with Crippen molar-refractivity contribution in [2.45, 2.75) is 5.88 Å². The van der Waals surface area contributed by atoms with Crippen LogP contribution in [-0.4, -0.2) is 0 Å². The molecule has 1 aliphatic rings. The van der Waals surface area contributed by atoms with Crippen LogP contribution < -0.4 is 21.7 Å². The first-order valence-electron chi connectivity index (χ1n) is 5.66. The Kier molecular flexibility index (Phi) is 2.80. The van der Waals surface area contributed by atoms with Gasteiger partial charge in [-0.15, -0.1) is 0 Å². The third kappa shape index (κ3) is 1.48. The summed E-state index contributed by atoms with van der Waals surface area (Å²) in [6.07, 6.45) is 0.